The fourth-order valence-corrected chi connectivity index (χ4v) is 2.83. The molecule has 1 amide bonds. The van der Waals surface area contributed by atoms with E-state index in [1.165, 1.54) is 6.42 Å². The van der Waals surface area contributed by atoms with E-state index in [4.69, 9.17) is 0 Å². The van der Waals surface area contributed by atoms with Gasteiger partial charge in [-0.05, 0) is 51.4 Å². The molecule has 1 aromatic carbocycles. The maximum atomic E-state index is 12.2. The van der Waals surface area contributed by atoms with E-state index in [1.807, 2.05) is 39.1 Å². The van der Waals surface area contributed by atoms with Crippen LogP contribution in [0.1, 0.15) is 24.0 Å². The van der Waals surface area contributed by atoms with Crippen molar-refractivity contribution in [3.8, 4) is 0 Å². The summed E-state index contributed by atoms with van der Waals surface area (Å²) in [5, 5.41) is 6.36. The second-order valence-corrected chi connectivity index (χ2v) is 5.68. The number of likely N-dealkylation sites (N-methyl/N-ethyl adjacent to an activating group) is 1. The number of para-hydroxylation sites is 1. The van der Waals surface area contributed by atoms with Gasteiger partial charge in [-0.1, -0.05) is 18.2 Å². The van der Waals surface area contributed by atoms with Crippen LogP contribution in [-0.4, -0.2) is 43.5 Å². The number of hydrogen-bond donors (Lipinski definition) is 2. The number of carbonyl (C=O) groups excluding carboxylic acids is 1. The van der Waals surface area contributed by atoms with E-state index in [0.717, 1.165) is 36.3 Å². The van der Waals surface area contributed by atoms with Crippen LogP contribution in [-0.2, 0) is 4.79 Å². The molecule has 0 aromatic heterocycles. The molecule has 1 saturated heterocycles. The summed E-state index contributed by atoms with van der Waals surface area (Å²) in [5.74, 6) is 0.0825. The van der Waals surface area contributed by atoms with Gasteiger partial charge in [-0.2, -0.15) is 0 Å². The van der Waals surface area contributed by atoms with Crippen molar-refractivity contribution in [3.05, 3.63) is 29.3 Å². The van der Waals surface area contributed by atoms with Crippen molar-refractivity contribution in [1.29, 1.82) is 0 Å². The highest BCUT2D eigenvalue weighted by Gasteiger charge is 2.20. The zero-order valence-corrected chi connectivity index (χ0v) is 13.9. The Morgan fingerprint density at radius 2 is 2.00 bits per heavy atom. The van der Waals surface area contributed by atoms with Crippen LogP contribution in [0.5, 0.6) is 0 Å². The molecule has 1 aliphatic heterocycles. The van der Waals surface area contributed by atoms with Crippen molar-refractivity contribution in [2.45, 2.75) is 32.7 Å². The number of benzene rings is 1. The summed E-state index contributed by atoms with van der Waals surface area (Å²) >= 11 is 0. The molecule has 0 bridgehead atoms. The average molecular weight is 312 g/mol. The molecule has 0 saturated carbocycles. The number of nitrogens with zero attached hydrogens (tertiary/aromatic N) is 1. The van der Waals surface area contributed by atoms with Gasteiger partial charge in [-0.15, -0.1) is 12.4 Å². The van der Waals surface area contributed by atoms with Gasteiger partial charge in [-0.25, -0.2) is 0 Å². The fraction of sp³-hybridized carbons (Fsp3) is 0.562. The Kier molecular flexibility index (Phi) is 7.15. The summed E-state index contributed by atoms with van der Waals surface area (Å²) in [4.78, 5) is 14.4. The molecule has 1 atom stereocenters. The predicted octanol–water partition coefficient (Wildman–Crippen LogP) is 2.35. The number of aryl methyl sites for hydroxylation is 2. The Balaban J connectivity index is 0.00000220. The first-order chi connectivity index (χ1) is 9.60. The minimum absolute atomic E-state index is 0. The molecule has 5 heteroatoms. The number of halogens is 1. The van der Waals surface area contributed by atoms with Crippen molar-refractivity contribution >= 4 is 24.0 Å². The van der Waals surface area contributed by atoms with Gasteiger partial charge in [-0.3, -0.25) is 9.69 Å². The highest BCUT2D eigenvalue weighted by Crippen LogP contribution is 2.19. The smallest absolute Gasteiger partial charge is 0.238 e. The van der Waals surface area contributed by atoms with E-state index < -0.39 is 0 Å². The van der Waals surface area contributed by atoms with Crippen LogP contribution in [0.2, 0.25) is 0 Å². The molecule has 1 fully saturated rings. The van der Waals surface area contributed by atoms with Gasteiger partial charge < -0.3 is 10.6 Å². The van der Waals surface area contributed by atoms with Crippen molar-refractivity contribution in [2.24, 2.45) is 0 Å². The molecule has 118 valence electrons. The molecule has 2 N–H and O–H groups in total. The van der Waals surface area contributed by atoms with E-state index in [1.54, 1.807) is 0 Å². The molecule has 0 radical (unpaired) electrons. The van der Waals surface area contributed by atoms with Crippen LogP contribution in [0.25, 0.3) is 0 Å². The third-order valence-corrected chi connectivity index (χ3v) is 4.03. The van der Waals surface area contributed by atoms with E-state index in [2.05, 4.69) is 15.5 Å². The van der Waals surface area contributed by atoms with E-state index >= 15 is 0 Å². The Labute approximate surface area is 133 Å². The molecular weight excluding hydrogens is 286 g/mol. The summed E-state index contributed by atoms with van der Waals surface area (Å²) in [7, 11) is 1.99. The molecule has 21 heavy (non-hydrogen) atoms. The first kappa shape index (κ1) is 18.0. The number of piperidine rings is 1. The predicted molar refractivity (Wildman–Crippen MR) is 90.3 cm³/mol. The largest absolute Gasteiger partial charge is 0.324 e. The van der Waals surface area contributed by atoms with Crippen LogP contribution in [0.3, 0.4) is 0 Å². The Morgan fingerprint density at radius 3 is 2.62 bits per heavy atom. The molecule has 2 rings (SSSR count). The summed E-state index contributed by atoms with van der Waals surface area (Å²) < 4.78 is 0. The summed E-state index contributed by atoms with van der Waals surface area (Å²) in [5.41, 5.74) is 3.19. The van der Waals surface area contributed by atoms with Gasteiger partial charge in [0.15, 0.2) is 0 Å². The number of likely N-dealkylation sites (tertiary alicyclic amines) is 1. The number of nitrogens with one attached hydrogen (secondary N) is 2. The summed E-state index contributed by atoms with van der Waals surface area (Å²) in [6.45, 7) is 6.50. The van der Waals surface area contributed by atoms with E-state index in [9.17, 15) is 4.79 Å². The van der Waals surface area contributed by atoms with Gasteiger partial charge in [0.2, 0.25) is 5.91 Å². The standard InChI is InChI=1S/C16H25N3O.ClH/c1-12-6-4-7-13(2)16(12)18-15(20)11-19-9-5-8-14(10-19)17-3;/h4,6-7,14,17H,5,8-11H2,1-3H3,(H,18,20);1H. The molecule has 0 aliphatic carbocycles. The molecule has 1 heterocycles. The maximum absolute atomic E-state index is 12.2. The van der Waals surface area contributed by atoms with Crippen LogP contribution in [0, 0.1) is 13.8 Å². The zero-order valence-electron chi connectivity index (χ0n) is 13.1. The van der Waals surface area contributed by atoms with Crippen molar-refractivity contribution in [1.82, 2.24) is 10.2 Å². The molecule has 1 aromatic rings. The quantitative estimate of drug-likeness (QED) is 0.897. The number of rotatable bonds is 4. The molecular formula is C16H26ClN3O. The summed E-state index contributed by atoms with van der Waals surface area (Å²) in [6.07, 6.45) is 2.35. The van der Waals surface area contributed by atoms with Gasteiger partial charge in [0, 0.05) is 18.3 Å². The van der Waals surface area contributed by atoms with Crippen LogP contribution < -0.4 is 10.6 Å². The SMILES string of the molecule is CNC1CCCN(CC(=O)Nc2c(C)cccc2C)C1.Cl. The fourth-order valence-electron chi connectivity index (χ4n) is 2.83. The monoisotopic (exact) mass is 311 g/mol. The number of carbonyl (C=O) groups is 1. The topological polar surface area (TPSA) is 44.4 Å². The van der Waals surface area contributed by atoms with Crippen molar-refractivity contribution < 1.29 is 4.79 Å². The average Bonchev–Trinajstić information content (AvgIpc) is 2.43. The number of anilines is 1. The van der Waals surface area contributed by atoms with Crippen molar-refractivity contribution in [3.63, 3.8) is 0 Å². The molecule has 1 aliphatic rings. The lowest BCUT2D eigenvalue weighted by atomic mass is 10.1. The normalized spacial score (nSPS) is 18.9. The minimum Gasteiger partial charge on any atom is -0.324 e. The van der Waals surface area contributed by atoms with Crippen LogP contribution >= 0.6 is 12.4 Å². The first-order valence-electron chi connectivity index (χ1n) is 7.36. The zero-order chi connectivity index (χ0) is 14.5. The first-order valence-corrected chi connectivity index (χ1v) is 7.36. The Morgan fingerprint density at radius 1 is 1.33 bits per heavy atom. The lowest BCUT2D eigenvalue weighted by Crippen LogP contribution is -2.46. The third kappa shape index (κ3) is 4.99. The van der Waals surface area contributed by atoms with Crippen LogP contribution in [0.4, 0.5) is 5.69 Å². The summed E-state index contributed by atoms with van der Waals surface area (Å²) in [6, 6.07) is 6.58. The Bertz CT molecular complexity index is 458. The van der Waals surface area contributed by atoms with Crippen LogP contribution in [0.15, 0.2) is 18.2 Å². The number of amides is 1. The molecule has 1 unspecified atom stereocenters. The minimum atomic E-state index is 0. The van der Waals surface area contributed by atoms with Gasteiger partial charge in [0.25, 0.3) is 0 Å². The lowest BCUT2D eigenvalue weighted by Gasteiger charge is -2.32. The van der Waals surface area contributed by atoms with Gasteiger partial charge in [0.1, 0.15) is 0 Å². The maximum Gasteiger partial charge on any atom is 0.238 e. The van der Waals surface area contributed by atoms with Gasteiger partial charge >= 0.3 is 0 Å². The third-order valence-electron chi connectivity index (χ3n) is 4.03. The highest BCUT2D eigenvalue weighted by atomic mass is 35.5. The van der Waals surface area contributed by atoms with Gasteiger partial charge in [0.05, 0.1) is 6.54 Å². The lowest BCUT2D eigenvalue weighted by molar-refractivity contribution is -0.117. The molecule has 4 nitrogen and oxygen atoms in total. The second-order valence-electron chi connectivity index (χ2n) is 5.68. The van der Waals surface area contributed by atoms with Crippen molar-refractivity contribution in [2.75, 3.05) is 32.0 Å². The molecule has 0 spiro atoms. The Hall–Kier alpha value is -1.10. The van der Waals surface area contributed by atoms with E-state index in [-0.39, 0.29) is 18.3 Å². The van der Waals surface area contributed by atoms with E-state index in [0.29, 0.717) is 12.6 Å². The highest BCUT2D eigenvalue weighted by molar-refractivity contribution is 5.93. The number of hydrogen-bond acceptors (Lipinski definition) is 3. The second kappa shape index (κ2) is 8.37.